The van der Waals surface area contributed by atoms with Crippen molar-refractivity contribution in [3.05, 3.63) is 27.4 Å². The molecular formula is C14H18BrN3S. The second-order valence-corrected chi connectivity index (χ2v) is 6.75. The largest absolute Gasteiger partial charge is 0.331 e. The minimum absolute atomic E-state index is 0.497. The van der Waals surface area contributed by atoms with Crippen LogP contribution in [-0.4, -0.2) is 33.6 Å². The van der Waals surface area contributed by atoms with E-state index in [1.807, 2.05) is 6.07 Å². The minimum Gasteiger partial charge on any atom is -0.331 e. The monoisotopic (exact) mass is 339 g/mol. The summed E-state index contributed by atoms with van der Waals surface area (Å²) in [6.07, 6.45) is 2.68. The van der Waals surface area contributed by atoms with Crippen molar-refractivity contribution in [3.8, 4) is 0 Å². The lowest BCUT2D eigenvalue weighted by atomic mass is 10.2. The number of likely N-dealkylation sites (N-methyl/N-ethyl adjacent to an activating group) is 1. The molecule has 1 aromatic carbocycles. The molecular weight excluding hydrogens is 322 g/mol. The average molecular weight is 340 g/mol. The number of imidazole rings is 1. The molecule has 0 aliphatic heterocycles. The van der Waals surface area contributed by atoms with Gasteiger partial charge in [0.25, 0.3) is 0 Å². The van der Waals surface area contributed by atoms with E-state index in [4.69, 9.17) is 12.2 Å². The normalized spacial score (nSPS) is 17.3. The molecule has 3 nitrogen and oxygen atoms in total. The van der Waals surface area contributed by atoms with Gasteiger partial charge in [0.15, 0.2) is 4.77 Å². The zero-order chi connectivity index (χ0) is 13.6. The topological polar surface area (TPSA) is 24.0 Å². The Kier molecular flexibility index (Phi) is 3.53. The predicted molar refractivity (Wildman–Crippen MR) is 85.1 cm³/mol. The van der Waals surface area contributed by atoms with Crippen molar-refractivity contribution in [1.29, 1.82) is 0 Å². The van der Waals surface area contributed by atoms with E-state index in [0.717, 1.165) is 27.3 Å². The second-order valence-electron chi connectivity index (χ2n) is 5.45. The number of aromatic amines is 1. The molecule has 1 N–H and O–H groups in total. The van der Waals surface area contributed by atoms with Gasteiger partial charge in [-0.25, -0.2) is 0 Å². The van der Waals surface area contributed by atoms with Crippen LogP contribution >= 0.6 is 28.1 Å². The molecule has 2 aromatic rings. The highest BCUT2D eigenvalue weighted by atomic mass is 79.9. The third-order valence-corrected chi connectivity index (χ3v) is 4.82. The Morgan fingerprint density at radius 1 is 1.53 bits per heavy atom. The minimum atomic E-state index is 0.497. The molecule has 1 aliphatic carbocycles. The van der Waals surface area contributed by atoms with Crippen LogP contribution in [0.5, 0.6) is 0 Å². The van der Waals surface area contributed by atoms with Crippen molar-refractivity contribution in [1.82, 2.24) is 14.5 Å². The van der Waals surface area contributed by atoms with Crippen molar-refractivity contribution in [2.45, 2.75) is 38.4 Å². The Bertz CT molecular complexity index is 656. The fourth-order valence-electron chi connectivity index (χ4n) is 2.54. The van der Waals surface area contributed by atoms with Gasteiger partial charge < -0.3 is 9.55 Å². The molecule has 102 valence electrons. The molecule has 1 saturated carbocycles. The molecule has 1 aromatic heterocycles. The molecule has 0 amide bonds. The van der Waals surface area contributed by atoms with Gasteiger partial charge in [-0.05, 0) is 57.2 Å². The fraction of sp³-hybridized carbons (Fsp3) is 0.500. The highest BCUT2D eigenvalue weighted by Crippen LogP contribution is 2.28. The second kappa shape index (κ2) is 5.04. The lowest BCUT2D eigenvalue weighted by Crippen LogP contribution is -2.34. The molecule has 0 saturated heterocycles. The third-order valence-electron chi connectivity index (χ3n) is 4.00. The van der Waals surface area contributed by atoms with Gasteiger partial charge in [0, 0.05) is 23.1 Å². The smallest absolute Gasteiger partial charge is 0.178 e. The Labute approximate surface area is 126 Å². The SMILES string of the molecule is CC(Cn1c(=S)[nH]c2ccc(Br)cc21)N(C)C1CC1. The molecule has 3 rings (SSSR count). The average Bonchev–Trinajstić information content (AvgIpc) is 3.17. The Morgan fingerprint density at radius 2 is 2.26 bits per heavy atom. The molecule has 19 heavy (non-hydrogen) atoms. The molecule has 1 aliphatic rings. The number of halogens is 1. The predicted octanol–water partition coefficient (Wildman–Crippen LogP) is 3.94. The fourth-order valence-corrected chi connectivity index (χ4v) is 3.17. The van der Waals surface area contributed by atoms with Gasteiger partial charge >= 0.3 is 0 Å². The van der Waals surface area contributed by atoms with E-state index < -0.39 is 0 Å². The Morgan fingerprint density at radius 3 is 2.95 bits per heavy atom. The van der Waals surface area contributed by atoms with Crippen molar-refractivity contribution < 1.29 is 0 Å². The van der Waals surface area contributed by atoms with Crippen LogP contribution in [0.15, 0.2) is 22.7 Å². The molecule has 1 heterocycles. The van der Waals surface area contributed by atoms with Gasteiger partial charge in [-0.3, -0.25) is 4.90 Å². The molecule has 5 heteroatoms. The van der Waals surface area contributed by atoms with Crippen LogP contribution in [0, 0.1) is 4.77 Å². The molecule has 1 fully saturated rings. The number of nitrogens with one attached hydrogen (secondary N) is 1. The van der Waals surface area contributed by atoms with Crippen LogP contribution in [0.4, 0.5) is 0 Å². The number of benzene rings is 1. The number of hydrogen-bond donors (Lipinski definition) is 1. The highest BCUT2D eigenvalue weighted by molar-refractivity contribution is 9.10. The van der Waals surface area contributed by atoms with Crippen LogP contribution < -0.4 is 0 Å². The van der Waals surface area contributed by atoms with E-state index in [0.29, 0.717) is 6.04 Å². The van der Waals surface area contributed by atoms with Crippen LogP contribution in [0.2, 0.25) is 0 Å². The Hall–Kier alpha value is -0.650. The van der Waals surface area contributed by atoms with Crippen molar-refractivity contribution in [2.24, 2.45) is 0 Å². The summed E-state index contributed by atoms with van der Waals surface area (Å²) in [4.78, 5) is 5.75. The van der Waals surface area contributed by atoms with Gasteiger partial charge in [-0.2, -0.15) is 0 Å². The first kappa shape index (κ1) is 13.3. The molecule has 1 unspecified atom stereocenters. The number of fused-ring (bicyclic) bond motifs is 1. The summed E-state index contributed by atoms with van der Waals surface area (Å²) >= 11 is 8.99. The van der Waals surface area contributed by atoms with Crippen LogP contribution in [-0.2, 0) is 6.54 Å². The molecule has 0 spiro atoms. The standard InChI is InChI=1S/C14H18BrN3S/c1-9(17(2)11-4-5-11)8-18-13-7-10(15)3-6-12(13)16-14(18)19/h3,6-7,9,11H,4-5,8H2,1-2H3,(H,16,19). The van der Waals surface area contributed by atoms with Gasteiger partial charge in [0.1, 0.15) is 0 Å². The number of aromatic nitrogens is 2. The zero-order valence-electron chi connectivity index (χ0n) is 11.2. The number of nitrogens with zero attached hydrogens (tertiary/aromatic N) is 2. The van der Waals surface area contributed by atoms with Crippen molar-refractivity contribution in [2.75, 3.05) is 7.05 Å². The van der Waals surface area contributed by atoms with Gasteiger partial charge in [-0.15, -0.1) is 0 Å². The van der Waals surface area contributed by atoms with Crippen molar-refractivity contribution >= 4 is 39.2 Å². The van der Waals surface area contributed by atoms with E-state index >= 15 is 0 Å². The number of hydrogen-bond acceptors (Lipinski definition) is 2. The van der Waals surface area contributed by atoms with Gasteiger partial charge in [-0.1, -0.05) is 15.9 Å². The lowest BCUT2D eigenvalue weighted by molar-refractivity contribution is 0.226. The summed E-state index contributed by atoms with van der Waals surface area (Å²) in [6, 6.07) is 7.52. The molecule has 0 bridgehead atoms. The maximum atomic E-state index is 5.46. The van der Waals surface area contributed by atoms with Gasteiger partial charge in [0.2, 0.25) is 0 Å². The first-order valence-electron chi connectivity index (χ1n) is 6.66. The van der Waals surface area contributed by atoms with E-state index in [9.17, 15) is 0 Å². The van der Waals surface area contributed by atoms with Crippen molar-refractivity contribution in [3.63, 3.8) is 0 Å². The van der Waals surface area contributed by atoms with Crippen LogP contribution in [0.25, 0.3) is 11.0 Å². The first-order chi connectivity index (χ1) is 9.06. The lowest BCUT2D eigenvalue weighted by Gasteiger charge is -2.25. The van der Waals surface area contributed by atoms with E-state index in [-0.39, 0.29) is 0 Å². The number of rotatable bonds is 4. The molecule has 0 radical (unpaired) electrons. The third kappa shape index (κ3) is 2.64. The Balaban J connectivity index is 1.93. The summed E-state index contributed by atoms with van der Waals surface area (Å²) in [5, 5.41) is 0. The maximum absolute atomic E-state index is 5.46. The van der Waals surface area contributed by atoms with E-state index in [1.165, 1.54) is 18.4 Å². The quantitative estimate of drug-likeness (QED) is 0.853. The summed E-state index contributed by atoms with van der Waals surface area (Å²) in [5.41, 5.74) is 2.28. The summed E-state index contributed by atoms with van der Waals surface area (Å²) in [5.74, 6) is 0. The zero-order valence-corrected chi connectivity index (χ0v) is 13.6. The van der Waals surface area contributed by atoms with Crippen LogP contribution in [0.1, 0.15) is 19.8 Å². The molecule has 1 atom stereocenters. The van der Waals surface area contributed by atoms with E-state index in [2.05, 4.69) is 56.5 Å². The van der Waals surface area contributed by atoms with E-state index in [1.54, 1.807) is 0 Å². The maximum Gasteiger partial charge on any atom is 0.178 e. The first-order valence-corrected chi connectivity index (χ1v) is 7.86. The summed E-state index contributed by atoms with van der Waals surface area (Å²) in [6.45, 7) is 3.21. The van der Waals surface area contributed by atoms with Gasteiger partial charge in [0.05, 0.1) is 11.0 Å². The highest BCUT2D eigenvalue weighted by Gasteiger charge is 2.29. The summed E-state index contributed by atoms with van der Waals surface area (Å²) < 4.78 is 4.11. The number of H-pyrrole nitrogens is 1. The van der Waals surface area contributed by atoms with Crippen LogP contribution in [0.3, 0.4) is 0 Å². The summed E-state index contributed by atoms with van der Waals surface area (Å²) in [7, 11) is 2.22.